The van der Waals surface area contributed by atoms with Crippen LogP contribution in [0, 0.1) is 5.82 Å². The molecule has 130 valence electrons. The van der Waals surface area contributed by atoms with Gasteiger partial charge < -0.3 is 15.2 Å². The minimum Gasteiger partial charge on any atom is -0.334 e. The van der Waals surface area contributed by atoms with E-state index in [1.165, 1.54) is 19.1 Å². The fourth-order valence-corrected chi connectivity index (χ4v) is 2.53. The molecule has 2 N–H and O–H groups in total. The third-order valence-electron chi connectivity index (χ3n) is 3.77. The second-order valence-corrected chi connectivity index (χ2v) is 5.53. The molecule has 1 fully saturated rings. The lowest BCUT2D eigenvalue weighted by atomic mass is 10.1. The van der Waals surface area contributed by atoms with Crippen LogP contribution in [0.3, 0.4) is 0 Å². The maximum atomic E-state index is 13.7. The summed E-state index contributed by atoms with van der Waals surface area (Å²) in [6, 6.07) is 4.33. The normalized spacial score (nSPS) is 18.0. The van der Waals surface area contributed by atoms with Gasteiger partial charge in [0.25, 0.3) is 5.89 Å². The Labute approximate surface area is 145 Å². The van der Waals surface area contributed by atoms with Crippen molar-refractivity contribution in [3.8, 4) is 11.5 Å². The SMILES string of the molecule is CC(=O)Nc1cc(-c2nc(C3CNCCN3C)no2)ccc1F.Cl. The van der Waals surface area contributed by atoms with Crippen LogP contribution in [0.1, 0.15) is 18.8 Å². The van der Waals surface area contributed by atoms with Gasteiger partial charge in [0, 0.05) is 32.1 Å². The second kappa shape index (κ2) is 7.69. The first kappa shape index (κ1) is 18.3. The predicted molar refractivity (Wildman–Crippen MR) is 89.5 cm³/mol. The molecule has 1 aliphatic rings. The van der Waals surface area contributed by atoms with Crippen LogP contribution < -0.4 is 10.6 Å². The molecule has 1 amide bonds. The van der Waals surface area contributed by atoms with E-state index in [1.807, 2.05) is 7.05 Å². The number of rotatable bonds is 3. The van der Waals surface area contributed by atoms with Crippen molar-refractivity contribution < 1.29 is 13.7 Å². The van der Waals surface area contributed by atoms with Gasteiger partial charge in [0.2, 0.25) is 5.91 Å². The number of carbonyl (C=O) groups excluding carboxylic acids is 1. The zero-order valence-electron chi connectivity index (χ0n) is 13.4. The lowest BCUT2D eigenvalue weighted by Crippen LogP contribution is -2.44. The lowest BCUT2D eigenvalue weighted by molar-refractivity contribution is -0.114. The number of nitrogens with one attached hydrogen (secondary N) is 2. The van der Waals surface area contributed by atoms with Crippen molar-refractivity contribution >= 4 is 24.0 Å². The van der Waals surface area contributed by atoms with E-state index in [-0.39, 0.29) is 30.0 Å². The summed E-state index contributed by atoms with van der Waals surface area (Å²) in [5.74, 6) is 0.0211. The number of aromatic nitrogens is 2. The average molecular weight is 356 g/mol. The molecule has 0 spiro atoms. The molecule has 7 nitrogen and oxygen atoms in total. The molecule has 1 aromatic carbocycles. The number of hydrogen-bond acceptors (Lipinski definition) is 6. The van der Waals surface area contributed by atoms with Crippen molar-refractivity contribution in [3.63, 3.8) is 0 Å². The Kier molecular flexibility index (Phi) is 5.87. The van der Waals surface area contributed by atoms with E-state index in [4.69, 9.17) is 4.52 Å². The van der Waals surface area contributed by atoms with Crippen LogP contribution in [0.4, 0.5) is 10.1 Å². The second-order valence-electron chi connectivity index (χ2n) is 5.53. The van der Waals surface area contributed by atoms with Crippen molar-refractivity contribution in [2.24, 2.45) is 0 Å². The van der Waals surface area contributed by atoms with E-state index >= 15 is 0 Å². The Morgan fingerprint density at radius 1 is 1.50 bits per heavy atom. The molecule has 1 atom stereocenters. The zero-order valence-corrected chi connectivity index (χ0v) is 14.2. The third kappa shape index (κ3) is 3.89. The summed E-state index contributed by atoms with van der Waals surface area (Å²) in [5, 5.41) is 9.76. The highest BCUT2D eigenvalue weighted by molar-refractivity contribution is 5.89. The lowest BCUT2D eigenvalue weighted by Gasteiger charge is -2.30. The molecule has 0 radical (unpaired) electrons. The van der Waals surface area contributed by atoms with Gasteiger partial charge in [-0.05, 0) is 25.2 Å². The molecule has 3 rings (SSSR count). The van der Waals surface area contributed by atoms with E-state index in [1.54, 1.807) is 6.07 Å². The molecule has 24 heavy (non-hydrogen) atoms. The number of nitrogens with zero attached hydrogens (tertiary/aromatic N) is 3. The smallest absolute Gasteiger partial charge is 0.258 e. The van der Waals surface area contributed by atoms with Gasteiger partial charge in [0.05, 0.1) is 11.7 Å². The molecule has 1 aliphatic heterocycles. The Morgan fingerprint density at radius 2 is 2.29 bits per heavy atom. The van der Waals surface area contributed by atoms with Crippen LogP contribution in [0.5, 0.6) is 0 Å². The minimum absolute atomic E-state index is 0. The number of likely N-dealkylation sites (N-methyl/N-ethyl adjacent to an activating group) is 1. The van der Waals surface area contributed by atoms with Crippen LogP contribution >= 0.6 is 12.4 Å². The standard InChI is InChI=1S/C15H18FN5O2.ClH/c1-9(22)18-12-7-10(3-4-11(12)16)15-19-14(20-23-15)13-8-17-5-6-21(13)2;/h3-4,7,13,17H,5-6,8H2,1-2H3,(H,18,22);1H. The van der Waals surface area contributed by atoms with Gasteiger partial charge in [-0.15, -0.1) is 12.4 Å². The van der Waals surface area contributed by atoms with Gasteiger partial charge in [-0.2, -0.15) is 4.98 Å². The van der Waals surface area contributed by atoms with E-state index in [9.17, 15) is 9.18 Å². The van der Waals surface area contributed by atoms with Crippen molar-refractivity contribution in [1.82, 2.24) is 20.4 Å². The molecule has 1 unspecified atom stereocenters. The summed E-state index contributed by atoms with van der Waals surface area (Å²) < 4.78 is 19.0. The van der Waals surface area contributed by atoms with E-state index in [0.29, 0.717) is 17.3 Å². The first-order chi connectivity index (χ1) is 11.0. The molecular weight excluding hydrogens is 337 g/mol. The summed E-state index contributed by atoms with van der Waals surface area (Å²) in [6.07, 6.45) is 0. The zero-order chi connectivity index (χ0) is 16.4. The first-order valence-corrected chi connectivity index (χ1v) is 7.36. The number of anilines is 1. The van der Waals surface area contributed by atoms with Crippen LogP contribution in [-0.2, 0) is 4.79 Å². The Morgan fingerprint density at radius 3 is 3.00 bits per heavy atom. The summed E-state index contributed by atoms with van der Waals surface area (Å²) in [4.78, 5) is 17.7. The Balaban J connectivity index is 0.00000208. The number of piperazine rings is 1. The van der Waals surface area contributed by atoms with Gasteiger partial charge in [-0.3, -0.25) is 9.69 Å². The molecule has 0 aliphatic carbocycles. The largest absolute Gasteiger partial charge is 0.334 e. The van der Waals surface area contributed by atoms with Gasteiger partial charge in [0.15, 0.2) is 5.82 Å². The molecular formula is C15H19ClFN5O2. The minimum atomic E-state index is -0.514. The van der Waals surface area contributed by atoms with Gasteiger partial charge in [0.1, 0.15) is 5.82 Å². The Hall–Kier alpha value is -2.03. The molecule has 2 heterocycles. The number of halogens is 2. The monoisotopic (exact) mass is 355 g/mol. The quantitative estimate of drug-likeness (QED) is 0.874. The highest BCUT2D eigenvalue weighted by atomic mass is 35.5. The number of amides is 1. The highest BCUT2D eigenvalue weighted by Crippen LogP contribution is 2.26. The topological polar surface area (TPSA) is 83.3 Å². The maximum absolute atomic E-state index is 13.7. The van der Waals surface area contributed by atoms with Crippen molar-refractivity contribution in [1.29, 1.82) is 0 Å². The number of hydrogen-bond donors (Lipinski definition) is 2. The van der Waals surface area contributed by atoms with Crippen LogP contribution in [0.2, 0.25) is 0 Å². The molecule has 9 heteroatoms. The van der Waals surface area contributed by atoms with Crippen molar-refractivity contribution in [2.45, 2.75) is 13.0 Å². The van der Waals surface area contributed by atoms with E-state index in [0.717, 1.165) is 19.6 Å². The number of carbonyl (C=O) groups is 1. The fourth-order valence-electron chi connectivity index (χ4n) is 2.53. The average Bonchev–Trinajstić information content (AvgIpc) is 2.99. The molecule has 0 saturated carbocycles. The first-order valence-electron chi connectivity index (χ1n) is 7.36. The molecule has 1 aromatic heterocycles. The third-order valence-corrected chi connectivity index (χ3v) is 3.77. The van der Waals surface area contributed by atoms with Crippen molar-refractivity contribution in [3.05, 3.63) is 29.8 Å². The van der Waals surface area contributed by atoms with Crippen LogP contribution in [0.15, 0.2) is 22.7 Å². The Bertz CT molecular complexity index is 724. The van der Waals surface area contributed by atoms with Gasteiger partial charge >= 0.3 is 0 Å². The summed E-state index contributed by atoms with van der Waals surface area (Å²) >= 11 is 0. The molecule has 2 aromatic rings. The summed E-state index contributed by atoms with van der Waals surface area (Å²) in [7, 11) is 2.01. The predicted octanol–water partition coefficient (Wildman–Crippen LogP) is 1.83. The van der Waals surface area contributed by atoms with Crippen molar-refractivity contribution in [2.75, 3.05) is 32.0 Å². The van der Waals surface area contributed by atoms with Gasteiger partial charge in [-0.25, -0.2) is 4.39 Å². The van der Waals surface area contributed by atoms with Gasteiger partial charge in [-0.1, -0.05) is 5.16 Å². The molecule has 1 saturated heterocycles. The van der Waals surface area contributed by atoms with Crippen LogP contribution in [-0.4, -0.2) is 47.6 Å². The summed E-state index contributed by atoms with van der Waals surface area (Å²) in [5.41, 5.74) is 0.645. The highest BCUT2D eigenvalue weighted by Gasteiger charge is 2.25. The van der Waals surface area contributed by atoms with E-state index in [2.05, 4.69) is 25.7 Å². The molecule has 0 bridgehead atoms. The van der Waals surface area contributed by atoms with E-state index < -0.39 is 5.82 Å². The fraction of sp³-hybridized carbons (Fsp3) is 0.400. The maximum Gasteiger partial charge on any atom is 0.258 e. The number of benzene rings is 1. The van der Waals surface area contributed by atoms with Crippen LogP contribution in [0.25, 0.3) is 11.5 Å². The summed E-state index contributed by atoms with van der Waals surface area (Å²) in [6.45, 7) is 3.90.